The zero-order valence-electron chi connectivity index (χ0n) is 10.1. The van der Waals surface area contributed by atoms with Crippen molar-refractivity contribution < 1.29 is 14.0 Å². The highest BCUT2D eigenvalue weighted by Crippen LogP contribution is 2.16. The van der Waals surface area contributed by atoms with Gasteiger partial charge in [-0.15, -0.1) is 0 Å². The number of hydrogen-bond acceptors (Lipinski definition) is 3. The molecule has 0 radical (unpaired) electrons. The van der Waals surface area contributed by atoms with Crippen molar-refractivity contribution in [1.29, 1.82) is 0 Å². The third-order valence-electron chi connectivity index (χ3n) is 2.41. The molecule has 1 aromatic carbocycles. The second-order valence-corrected chi connectivity index (χ2v) is 4.18. The van der Waals surface area contributed by atoms with Crippen molar-refractivity contribution in [2.75, 3.05) is 0 Å². The van der Waals surface area contributed by atoms with Gasteiger partial charge in [0.1, 0.15) is 5.82 Å². The van der Waals surface area contributed by atoms with E-state index in [9.17, 15) is 14.0 Å². The van der Waals surface area contributed by atoms with Crippen LogP contribution in [0.1, 0.15) is 20.7 Å². The molecule has 20 heavy (non-hydrogen) atoms. The minimum atomic E-state index is -0.641. The summed E-state index contributed by atoms with van der Waals surface area (Å²) in [5, 5.41) is -0.0411. The second kappa shape index (κ2) is 6.12. The Labute approximate surface area is 118 Å². The molecule has 102 valence electrons. The van der Waals surface area contributed by atoms with Gasteiger partial charge < -0.3 is 0 Å². The van der Waals surface area contributed by atoms with E-state index in [4.69, 9.17) is 11.6 Å². The van der Waals surface area contributed by atoms with Crippen molar-refractivity contribution in [3.05, 3.63) is 64.7 Å². The van der Waals surface area contributed by atoms with Crippen molar-refractivity contribution >= 4 is 23.4 Å². The Bertz CT molecular complexity index is 649. The standard InChI is InChI=1S/C13H9ClFN3O2/c14-11-7-9(15)1-2-10(11)13(20)18-17-12(19)8-3-5-16-6-4-8/h1-7H,(H,17,19)(H,18,20). The molecule has 0 fully saturated rings. The fourth-order valence-electron chi connectivity index (χ4n) is 1.43. The number of amides is 2. The summed E-state index contributed by atoms with van der Waals surface area (Å²) < 4.78 is 12.9. The van der Waals surface area contributed by atoms with Crippen LogP contribution in [0.4, 0.5) is 4.39 Å². The summed E-state index contributed by atoms with van der Waals surface area (Å²) in [6.45, 7) is 0. The molecule has 0 unspecified atom stereocenters. The molecule has 1 heterocycles. The minimum absolute atomic E-state index is 0.0411. The highest BCUT2D eigenvalue weighted by molar-refractivity contribution is 6.33. The topological polar surface area (TPSA) is 71.1 Å². The van der Waals surface area contributed by atoms with Crippen molar-refractivity contribution in [1.82, 2.24) is 15.8 Å². The molecule has 0 aliphatic carbocycles. The first-order chi connectivity index (χ1) is 9.58. The van der Waals surface area contributed by atoms with Gasteiger partial charge in [-0.1, -0.05) is 11.6 Å². The Morgan fingerprint density at radius 1 is 1.05 bits per heavy atom. The average molecular weight is 294 g/mol. The Balaban J connectivity index is 2.00. The van der Waals surface area contributed by atoms with Crippen LogP contribution < -0.4 is 10.9 Å². The molecule has 2 rings (SSSR count). The van der Waals surface area contributed by atoms with E-state index < -0.39 is 17.6 Å². The van der Waals surface area contributed by atoms with Gasteiger partial charge in [0.25, 0.3) is 11.8 Å². The molecule has 0 aliphatic heterocycles. The van der Waals surface area contributed by atoms with E-state index in [-0.39, 0.29) is 10.6 Å². The Morgan fingerprint density at radius 3 is 2.35 bits per heavy atom. The first-order valence-corrected chi connectivity index (χ1v) is 5.91. The molecule has 2 N–H and O–H groups in total. The van der Waals surface area contributed by atoms with Crippen LogP contribution in [0.2, 0.25) is 5.02 Å². The van der Waals surface area contributed by atoms with Crippen LogP contribution in [0.25, 0.3) is 0 Å². The summed E-state index contributed by atoms with van der Waals surface area (Å²) >= 11 is 5.73. The number of rotatable bonds is 2. The molecule has 0 aliphatic rings. The molecule has 0 atom stereocenters. The van der Waals surface area contributed by atoms with Crippen LogP contribution in [0.3, 0.4) is 0 Å². The van der Waals surface area contributed by atoms with Gasteiger partial charge in [0.2, 0.25) is 0 Å². The molecule has 1 aromatic heterocycles. The molecule has 0 saturated carbocycles. The van der Waals surface area contributed by atoms with Crippen LogP contribution >= 0.6 is 11.6 Å². The predicted octanol–water partition coefficient (Wildman–Crippen LogP) is 1.95. The summed E-state index contributed by atoms with van der Waals surface area (Å²) in [6.07, 6.45) is 2.90. The number of carbonyl (C=O) groups excluding carboxylic acids is 2. The lowest BCUT2D eigenvalue weighted by atomic mass is 10.2. The van der Waals surface area contributed by atoms with Crippen LogP contribution in [-0.4, -0.2) is 16.8 Å². The van der Waals surface area contributed by atoms with E-state index in [0.29, 0.717) is 5.56 Å². The lowest BCUT2D eigenvalue weighted by Crippen LogP contribution is -2.41. The van der Waals surface area contributed by atoms with Gasteiger partial charge in [0, 0.05) is 18.0 Å². The van der Waals surface area contributed by atoms with E-state index >= 15 is 0 Å². The Kier molecular flexibility index (Phi) is 4.27. The predicted molar refractivity (Wildman–Crippen MR) is 70.6 cm³/mol. The summed E-state index contributed by atoms with van der Waals surface area (Å²) in [5.74, 6) is -1.69. The first kappa shape index (κ1) is 14.0. The van der Waals surface area contributed by atoms with E-state index in [2.05, 4.69) is 15.8 Å². The molecule has 0 saturated heterocycles. The van der Waals surface area contributed by atoms with Gasteiger partial charge in [0.15, 0.2) is 0 Å². The van der Waals surface area contributed by atoms with Crippen molar-refractivity contribution in [2.45, 2.75) is 0 Å². The number of hydrogen-bond donors (Lipinski definition) is 2. The summed E-state index contributed by atoms with van der Waals surface area (Å²) in [4.78, 5) is 27.2. The van der Waals surface area contributed by atoms with Crippen molar-refractivity contribution in [3.8, 4) is 0 Å². The van der Waals surface area contributed by atoms with Crippen LogP contribution in [0.15, 0.2) is 42.7 Å². The summed E-state index contributed by atoms with van der Waals surface area (Å²) in [6, 6.07) is 6.33. The fraction of sp³-hybridized carbons (Fsp3) is 0. The number of hydrazine groups is 1. The molecular formula is C13H9ClFN3O2. The number of halogens is 2. The zero-order valence-corrected chi connectivity index (χ0v) is 10.8. The minimum Gasteiger partial charge on any atom is -0.267 e. The quantitative estimate of drug-likeness (QED) is 0.831. The normalized spacial score (nSPS) is 9.90. The van der Waals surface area contributed by atoms with Crippen molar-refractivity contribution in [3.63, 3.8) is 0 Å². The maximum Gasteiger partial charge on any atom is 0.271 e. The van der Waals surface area contributed by atoms with Gasteiger partial charge in [-0.3, -0.25) is 25.4 Å². The molecule has 0 bridgehead atoms. The maximum absolute atomic E-state index is 12.9. The maximum atomic E-state index is 12.9. The molecular weight excluding hydrogens is 285 g/mol. The summed E-state index contributed by atoms with van der Waals surface area (Å²) in [7, 11) is 0. The molecule has 0 spiro atoms. The summed E-state index contributed by atoms with van der Waals surface area (Å²) in [5.41, 5.74) is 4.81. The third kappa shape index (κ3) is 3.30. The van der Waals surface area contributed by atoms with E-state index in [0.717, 1.165) is 12.1 Å². The average Bonchev–Trinajstić information content (AvgIpc) is 2.45. The first-order valence-electron chi connectivity index (χ1n) is 5.53. The monoisotopic (exact) mass is 293 g/mol. The Morgan fingerprint density at radius 2 is 1.70 bits per heavy atom. The highest BCUT2D eigenvalue weighted by atomic mass is 35.5. The number of carbonyl (C=O) groups is 2. The van der Waals surface area contributed by atoms with Crippen molar-refractivity contribution in [2.24, 2.45) is 0 Å². The van der Waals surface area contributed by atoms with Gasteiger partial charge >= 0.3 is 0 Å². The van der Waals surface area contributed by atoms with E-state index in [1.165, 1.54) is 30.6 Å². The Hall–Kier alpha value is -2.47. The van der Waals surface area contributed by atoms with Gasteiger partial charge in [-0.05, 0) is 30.3 Å². The fourth-order valence-corrected chi connectivity index (χ4v) is 1.68. The zero-order chi connectivity index (χ0) is 14.5. The number of aromatic nitrogens is 1. The highest BCUT2D eigenvalue weighted by Gasteiger charge is 2.12. The largest absolute Gasteiger partial charge is 0.271 e. The molecule has 2 amide bonds. The van der Waals surface area contributed by atoms with Crippen LogP contribution in [0, 0.1) is 5.82 Å². The number of nitrogens with zero attached hydrogens (tertiary/aromatic N) is 1. The van der Waals surface area contributed by atoms with E-state index in [1.807, 2.05) is 0 Å². The van der Waals surface area contributed by atoms with Crippen LogP contribution in [-0.2, 0) is 0 Å². The van der Waals surface area contributed by atoms with Gasteiger partial charge in [-0.2, -0.15) is 0 Å². The number of pyridine rings is 1. The lowest BCUT2D eigenvalue weighted by molar-refractivity contribution is 0.0846. The van der Waals surface area contributed by atoms with Gasteiger partial charge in [-0.25, -0.2) is 4.39 Å². The second-order valence-electron chi connectivity index (χ2n) is 3.77. The molecule has 7 heteroatoms. The smallest absolute Gasteiger partial charge is 0.267 e. The number of nitrogens with one attached hydrogen (secondary N) is 2. The molecule has 2 aromatic rings. The molecule has 5 nitrogen and oxygen atoms in total. The lowest BCUT2D eigenvalue weighted by Gasteiger charge is -2.08. The SMILES string of the molecule is O=C(NNC(=O)c1ccc(F)cc1Cl)c1ccncc1. The third-order valence-corrected chi connectivity index (χ3v) is 2.72. The number of benzene rings is 1. The van der Waals surface area contributed by atoms with Gasteiger partial charge in [0.05, 0.1) is 10.6 Å². The van der Waals surface area contributed by atoms with E-state index in [1.54, 1.807) is 0 Å². The van der Waals surface area contributed by atoms with Crippen LogP contribution in [0.5, 0.6) is 0 Å².